The number of imidazole rings is 1. The third-order valence-corrected chi connectivity index (χ3v) is 6.73. The lowest BCUT2D eigenvalue weighted by atomic mass is 10.2. The van der Waals surface area contributed by atoms with E-state index < -0.39 is 9.84 Å². The molecule has 29 heavy (non-hydrogen) atoms. The Labute approximate surface area is 172 Å². The quantitative estimate of drug-likeness (QED) is 0.528. The van der Waals surface area contributed by atoms with Crippen LogP contribution < -0.4 is 5.32 Å². The van der Waals surface area contributed by atoms with Crippen LogP contribution in [0.4, 0.5) is 0 Å². The number of benzene rings is 2. The Hall–Kier alpha value is -3.16. The molecule has 0 atom stereocenters. The van der Waals surface area contributed by atoms with Crippen molar-refractivity contribution in [3.8, 4) is 0 Å². The minimum atomic E-state index is -3.70. The van der Waals surface area contributed by atoms with E-state index >= 15 is 0 Å². The number of carbonyl (C=O) groups excluding carboxylic acids is 1. The first-order valence-electron chi connectivity index (χ1n) is 8.75. The second kappa shape index (κ2) is 7.69. The number of sulfone groups is 1. The number of carbonyl (C=O) groups is 1. The topological polar surface area (TPSA) is 80.5 Å². The van der Waals surface area contributed by atoms with Crippen LogP contribution in [0.5, 0.6) is 0 Å². The van der Waals surface area contributed by atoms with Gasteiger partial charge in [0.05, 0.1) is 20.4 Å². The van der Waals surface area contributed by atoms with Gasteiger partial charge in [0.25, 0.3) is 5.91 Å². The molecule has 4 rings (SSSR count). The summed E-state index contributed by atoms with van der Waals surface area (Å²) in [4.78, 5) is 16.7. The van der Waals surface area contributed by atoms with Crippen molar-refractivity contribution < 1.29 is 13.2 Å². The van der Waals surface area contributed by atoms with Crippen molar-refractivity contribution in [3.63, 3.8) is 0 Å². The third-order valence-electron chi connectivity index (χ3n) is 4.46. The average molecular weight is 426 g/mol. The zero-order valence-corrected chi connectivity index (χ0v) is 16.7. The van der Waals surface area contributed by atoms with Gasteiger partial charge in [-0.1, -0.05) is 35.9 Å². The summed E-state index contributed by atoms with van der Waals surface area (Å²) >= 11 is 6.03. The van der Waals surface area contributed by atoms with Crippen molar-refractivity contribution in [1.29, 1.82) is 0 Å². The lowest BCUT2D eigenvalue weighted by molar-refractivity contribution is 0.0950. The molecule has 4 aromatic rings. The Morgan fingerprint density at radius 1 is 1.03 bits per heavy atom. The van der Waals surface area contributed by atoms with Crippen molar-refractivity contribution in [2.75, 3.05) is 0 Å². The van der Waals surface area contributed by atoms with Crippen molar-refractivity contribution in [3.05, 3.63) is 95.4 Å². The van der Waals surface area contributed by atoms with Crippen LogP contribution in [0.1, 0.15) is 15.9 Å². The summed E-state index contributed by atoms with van der Waals surface area (Å²) in [5.74, 6) is -0.228. The van der Waals surface area contributed by atoms with E-state index in [-0.39, 0.29) is 27.3 Å². The van der Waals surface area contributed by atoms with E-state index in [9.17, 15) is 13.2 Å². The number of nitrogens with one attached hydrogen (secondary N) is 1. The number of pyridine rings is 1. The highest BCUT2D eigenvalue weighted by Crippen LogP contribution is 2.27. The molecule has 0 fully saturated rings. The molecular weight excluding hydrogens is 410 g/mol. The van der Waals surface area contributed by atoms with Crippen LogP contribution >= 0.6 is 11.6 Å². The molecule has 0 aliphatic heterocycles. The van der Waals surface area contributed by atoms with Crippen LogP contribution in [-0.2, 0) is 16.4 Å². The summed E-state index contributed by atoms with van der Waals surface area (Å²) in [6.45, 7) is 0.271. The van der Waals surface area contributed by atoms with Gasteiger partial charge in [-0.2, -0.15) is 0 Å². The van der Waals surface area contributed by atoms with Gasteiger partial charge in [-0.3, -0.25) is 4.79 Å². The SMILES string of the molecule is O=C(NCc1ccc(S(=O)(=O)c2ccccc2Cl)cc1)c1ccc2nccn2c1. The predicted molar refractivity (Wildman–Crippen MR) is 110 cm³/mol. The number of amides is 1. The second-order valence-electron chi connectivity index (χ2n) is 6.37. The van der Waals surface area contributed by atoms with Gasteiger partial charge < -0.3 is 9.72 Å². The highest BCUT2D eigenvalue weighted by atomic mass is 35.5. The van der Waals surface area contributed by atoms with Crippen LogP contribution in [0.3, 0.4) is 0 Å². The number of hydrogen-bond donors (Lipinski definition) is 1. The molecule has 6 nitrogen and oxygen atoms in total. The lowest BCUT2D eigenvalue weighted by Gasteiger charge is -2.09. The fourth-order valence-corrected chi connectivity index (χ4v) is 4.69. The Kier molecular flexibility index (Phi) is 5.08. The zero-order chi connectivity index (χ0) is 20.4. The van der Waals surface area contributed by atoms with E-state index in [1.54, 1.807) is 65.5 Å². The van der Waals surface area contributed by atoms with Crippen LogP contribution in [0.2, 0.25) is 5.02 Å². The van der Waals surface area contributed by atoms with E-state index in [1.807, 2.05) is 0 Å². The van der Waals surface area contributed by atoms with Crippen molar-refractivity contribution in [2.24, 2.45) is 0 Å². The monoisotopic (exact) mass is 425 g/mol. The maximum Gasteiger partial charge on any atom is 0.253 e. The smallest absolute Gasteiger partial charge is 0.253 e. The van der Waals surface area contributed by atoms with E-state index in [0.29, 0.717) is 5.56 Å². The van der Waals surface area contributed by atoms with Crippen molar-refractivity contribution in [1.82, 2.24) is 14.7 Å². The Morgan fingerprint density at radius 3 is 2.55 bits per heavy atom. The highest BCUT2D eigenvalue weighted by molar-refractivity contribution is 7.91. The molecule has 0 unspecified atom stereocenters. The Morgan fingerprint density at radius 2 is 1.79 bits per heavy atom. The van der Waals surface area contributed by atoms with Gasteiger partial charge in [-0.25, -0.2) is 13.4 Å². The maximum atomic E-state index is 12.7. The number of hydrogen-bond acceptors (Lipinski definition) is 4. The average Bonchev–Trinajstić information content (AvgIpc) is 3.20. The van der Waals surface area contributed by atoms with Gasteiger partial charge in [-0.15, -0.1) is 0 Å². The standard InChI is InChI=1S/C21H16ClN3O3S/c22-18-3-1-2-4-19(18)29(27,28)17-8-5-15(6-9-17)13-24-21(26)16-7-10-20-23-11-12-25(20)14-16/h1-12,14H,13H2,(H,24,26). The molecule has 1 N–H and O–H groups in total. The van der Waals surface area contributed by atoms with Gasteiger partial charge in [0.2, 0.25) is 9.84 Å². The van der Waals surface area contributed by atoms with Gasteiger partial charge >= 0.3 is 0 Å². The first kappa shape index (κ1) is 19.2. The van der Waals surface area contributed by atoms with E-state index in [1.165, 1.54) is 18.2 Å². The molecule has 0 radical (unpaired) electrons. The van der Waals surface area contributed by atoms with Crippen LogP contribution in [-0.4, -0.2) is 23.7 Å². The molecule has 1 amide bonds. The summed E-state index contributed by atoms with van der Waals surface area (Å²) in [5.41, 5.74) is 2.05. The number of nitrogens with zero attached hydrogens (tertiary/aromatic N) is 2. The molecule has 2 aromatic carbocycles. The number of halogens is 1. The normalized spacial score (nSPS) is 11.5. The van der Waals surface area contributed by atoms with E-state index in [2.05, 4.69) is 10.3 Å². The molecule has 0 aliphatic rings. The van der Waals surface area contributed by atoms with Gasteiger partial charge in [-0.05, 0) is 42.0 Å². The summed E-state index contributed by atoms with van der Waals surface area (Å²) in [5, 5.41) is 3.01. The van der Waals surface area contributed by atoms with Gasteiger partial charge in [0, 0.05) is 25.1 Å². The fourth-order valence-electron chi connectivity index (χ4n) is 2.91. The maximum absolute atomic E-state index is 12.7. The Bertz CT molecular complexity index is 1300. The number of rotatable bonds is 5. The molecule has 2 aromatic heterocycles. The van der Waals surface area contributed by atoms with Gasteiger partial charge in [0.1, 0.15) is 5.65 Å². The van der Waals surface area contributed by atoms with E-state index in [0.717, 1.165) is 11.2 Å². The molecular formula is C21H16ClN3O3S. The molecule has 0 saturated carbocycles. The van der Waals surface area contributed by atoms with Crippen molar-refractivity contribution in [2.45, 2.75) is 16.3 Å². The van der Waals surface area contributed by atoms with Crippen LogP contribution in [0.25, 0.3) is 5.65 Å². The summed E-state index contributed by atoms with van der Waals surface area (Å²) in [6.07, 6.45) is 5.14. The summed E-state index contributed by atoms with van der Waals surface area (Å²) < 4.78 is 27.2. The first-order chi connectivity index (χ1) is 13.9. The molecule has 0 aliphatic carbocycles. The number of fused-ring (bicyclic) bond motifs is 1. The number of aromatic nitrogens is 2. The molecule has 146 valence electrons. The van der Waals surface area contributed by atoms with E-state index in [4.69, 9.17) is 11.6 Å². The molecule has 8 heteroatoms. The summed E-state index contributed by atoms with van der Waals surface area (Å²) in [6, 6.07) is 16.2. The van der Waals surface area contributed by atoms with Crippen LogP contribution in [0.15, 0.2) is 89.0 Å². The predicted octanol–water partition coefficient (Wildman–Crippen LogP) is 3.75. The minimum Gasteiger partial charge on any atom is -0.348 e. The molecule has 2 heterocycles. The second-order valence-corrected chi connectivity index (χ2v) is 8.70. The van der Waals surface area contributed by atoms with Crippen LogP contribution in [0, 0.1) is 0 Å². The molecule has 0 saturated heterocycles. The van der Waals surface area contributed by atoms with Gasteiger partial charge in [0.15, 0.2) is 0 Å². The Balaban J connectivity index is 1.47. The first-order valence-corrected chi connectivity index (χ1v) is 10.6. The van der Waals surface area contributed by atoms with Crippen molar-refractivity contribution >= 4 is 33.0 Å². The lowest BCUT2D eigenvalue weighted by Crippen LogP contribution is -2.23. The fraction of sp³-hybridized carbons (Fsp3) is 0.0476. The third kappa shape index (κ3) is 3.87. The molecule has 0 bridgehead atoms. The minimum absolute atomic E-state index is 0.0672. The largest absolute Gasteiger partial charge is 0.348 e. The highest BCUT2D eigenvalue weighted by Gasteiger charge is 2.20. The zero-order valence-electron chi connectivity index (χ0n) is 15.1. The summed E-state index contributed by atoms with van der Waals surface area (Å²) in [7, 11) is -3.70. The molecule has 0 spiro atoms.